The maximum absolute atomic E-state index is 16.2. The molecular formula is C22H21FO. The Hall–Kier alpha value is -2.45. The minimum absolute atomic E-state index is 0.382. The van der Waals surface area contributed by atoms with Crippen LogP contribution < -0.4 is 0 Å². The van der Waals surface area contributed by atoms with E-state index in [1.807, 2.05) is 91.0 Å². The molecular weight excluding hydrogens is 299 g/mol. The molecule has 0 amide bonds. The normalized spacial score (nSPS) is 12.8. The highest BCUT2D eigenvalue weighted by molar-refractivity contribution is 5.37. The zero-order valence-electron chi connectivity index (χ0n) is 13.7. The number of halogens is 1. The van der Waals surface area contributed by atoms with Crippen molar-refractivity contribution in [2.75, 3.05) is 0 Å². The number of rotatable bonds is 6. The first kappa shape index (κ1) is 16.4. The number of hydrogen-bond donors (Lipinski definition) is 0. The zero-order valence-corrected chi connectivity index (χ0v) is 13.7. The Morgan fingerprint density at radius 3 is 1.62 bits per heavy atom. The molecule has 1 atom stereocenters. The van der Waals surface area contributed by atoms with Gasteiger partial charge in [0, 0.05) is 0 Å². The Labute approximate surface area is 142 Å². The molecule has 3 rings (SSSR count). The summed E-state index contributed by atoms with van der Waals surface area (Å²) in [6, 6.07) is 28.3. The molecule has 0 aliphatic heterocycles. The lowest BCUT2D eigenvalue weighted by molar-refractivity contribution is -0.0417. The molecule has 0 spiro atoms. The molecule has 3 aromatic rings. The minimum Gasteiger partial charge on any atom is -0.370 e. The summed E-state index contributed by atoms with van der Waals surface area (Å²) < 4.78 is 22.2. The van der Waals surface area contributed by atoms with Crippen molar-refractivity contribution in [3.8, 4) is 0 Å². The van der Waals surface area contributed by atoms with Crippen LogP contribution in [0.1, 0.15) is 23.6 Å². The lowest BCUT2D eigenvalue weighted by Gasteiger charge is -2.32. The van der Waals surface area contributed by atoms with E-state index < -0.39 is 11.8 Å². The lowest BCUT2D eigenvalue weighted by Crippen LogP contribution is -2.36. The fraction of sp³-hybridized carbons (Fsp3) is 0.182. The van der Waals surface area contributed by atoms with E-state index in [1.54, 1.807) is 6.92 Å². The topological polar surface area (TPSA) is 9.23 Å². The minimum atomic E-state index is -1.70. The van der Waals surface area contributed by atoms with Crippen LogP contribution in [-0.2, 0) is 17.0 Å². The van der Waals surface area contributed by atoms with E-state index >= 15 is 4.39 Å². The second-order valence-electron chi connectivity index (χ2n) is 5.88. The summed E-state index contributed by atoms with van der Waals surface area (Å²) in [7, 11) is 0. The summed E-state index contributed by atoms with van der Waals surface area (Å²) in [6.07, 6.45) is -0.623. The SMILES string of the molecule is C[C@H](OCc1ccccc1)C(F)(c1ccccc1)c1ccccc1. The van der Waals surface area contributed by atoms with E-state index in [-0.39, 0.29) is 0 Å². The average Bonchev–Trinajstić information content (AvgIpc) is 2.67. The van der Waals surface area contributed by atoms with Gasteiger partial charge in [-0.2, -0.15) is 0 Å². The monoisotopic (exact) mass is 320 g/mol. The third kappa shape index (κ3) is 3.39. The molecule has 0 N–H and O–H groups in total. The highest BCUT2D eigenvalue weighted by Gasteiger charge is 2.40. The Bertz CT molecular complexity index is 701. The largest absolute Gasteiger partial charge is 0.370 e. The van der Waals surface area contributed by atoms with Crippen molar-refractivity contribution < 1.29 is 9.13 Å². The Balaban J connectivity index is 1.90. The molecule has 0 bridgehead atoms. The van der Waals surface area contributed by atoms with Gasteiger partial charge < -0.3 is 4.74 Å². The number of benzene rings is 3. The zero-order chi connectivity index (χ0) is 16.8. The standard InChI is InChI=1S/C22H21FO/c1-18(24-17-19-11-5-2-6-12-19)22(23,20-13-7-3-8-14-20)21-15-9-4-10-16-21/h2-16,18H,17H2,1H3/t18-/m0/s1. The van der Waals surface area contributed by atoms with E-state index in [2.05, 4.69) is 0 Å². The summed E-state index contributed by atoms with van der Waals surface area (Å²) in [5.41, 5.74) is 0.554. The highest BCUT2D eigenvalue weighted by atomic mass is 19.1. The van der Waals surface area contributed by atoms with Crippen molar-refractivity contribution >= 4 is 0 Å². The molecule has 3 aromatic carbocycles. The van der Waals surface area contributed by atoms with Crippen LogP contribution >= 0.6 is 0 Å². The van der Waals surface area contributed by atoms with E-state index in [9.17, 15) is 0 Å². The van der Waals surface area contributed by atoms with Crippen molar-refractivity contribution in [3.05, 3.63) is 108 Å². The second-order valence-corrected chi connectivity index (χ2v) is 5.88. The fourth-order valence-electron chi connectivity index (χ4n) is 2.91. The van der Waals surface area contributed by atoms with E-state index in [0.717, 1.165) is 5.56 Å². The van der Waals surface area contributed by atoms with Gasteiger partial charge in [0.15, 0.2) is 5.67 Å². The van der Waals surface area contributed by atoms with Crippen LogP contribution in [-0.4, -0.2) is 6.10 Å². The molecule has 0 aliphatic rings. The van der Waals surface area contributed by atoms with Gasteiger partial charge in [-0.3, -0.25) is 0 Å². The molecule has 0 saturated carbocycles. The molecule has 122 valence electrons. The average molecular weight is 320 g/mol. The van der Waals surface area contributed by atoms with Crippen LogP contribution in [0.25, 0.3) is 0 Å². The lowest BCUT2D eigenvalue weighted by atomic mass is 9.84. The first-order valence-electron chi connectivity index (χ1n) is 8.16. The molecule has 0 saturated heterocycles. The van der Waals surface area contributed by atoms with Gasteiger partial charge >= 0.3 is 0 Å². The summed E-state index contributed by atoms with van der Waals surface area (Å²) in [5.74, 6) is 0. The molecule has 1 nitrogen and oxygen atoms in total. The number of ether oxygens (including phenoxy) is 1. The quantitative estimate of drug-likeness (QED) is 0.582. The van der Waals surface area contributed by atoms with Crippen LogP contribution in [0.15, 0.2) is 91.0 Å². The van der Waals surface area contributed by atoms with Gasteiger partial charge in [0.2, 0.25) is 0 Å². The fourth-order valence-corrected chi connectivity index (χ4v) is 2.91. The van der Waals surface area contributed by atoms with Gasteiger partial charge in [0.05, 0.1) is 12.7 Å². The van der Waals surface area contributed by atoms with Crippen LogP contribution in [0.5, 0.6) is 0 Å². The predicted molar refractivity (Wildman–Crippen MR) is 95.5 cm³/mol. The summed E-state index contributed by atoms with van der Waals surface area (Å²) in [5, 5.41) is 0. The second kappa shape index (κ2) is 7.41. The molecule has 0 aliphatic carbocycles. The predicted octanol–water partition coefficient (Wildman–Crippen LogP) is 5.51. The Kier molecular flexibility index (Phi) is 5.07. The van der Waals surface area contributed by atoms with Crippen LogP contribution in [0.3, 0.4) is 0 Å². The number of alkyl halides is 1. The van der Waals surface area contributed by atoms with Crippen molar-refractivity contribution in [1.29, 1.82) is 0 Å². The van der Waals surface area contributed by atoms with Gasteiger partial charge in [-0.15, -0.1) is 0 Å². The molecule has 0 aromatic heterocycles. The third-order valence-electron chi connectivity index (χ3n) is 4.29. The van der Waals surface area contributed by atoms with Crippen molar-refractivity contribution in [2.45, 2.75) is 25.3 Å². The Morgan fingerprint density at radius 2 is 1.17 bits per heavy atom. The molecule has 0 heterocycles. The van der Waals surface area contributed by atoms with Gasteiger partial charge in [-0.25, -0.2) is 4.39 Å². The third-order valence-corrected chi connectivity index (χ3v) is 4.29. The van der Waals surface area contributed by atoms with E-state index in [4.69, 9.17) is 4.74 Å². The molecule has 24 heavy (non-hydrogen) atoms. The van der Waals surface area contributed by atoms with E-state index in [1.165, 1.54) is 0 Å². The first-order valence-corrected chi connectivity index (χ1v) is 8.16. The molecule has 0 radical (unpaired) electrons. The molecule has 0 fully saturated rings. The van der Waals surface area contributed by atoms with Gasteiger partial charge in [-0.1, -0.05) is 91.0 Å². The van der Waals surface area contributed by atoms with Crippen molar-refractivity contribution in [2.24, 2.45) is 0 Å². The highest BCUT2D eigenvalue weighted by Crippen LogP contribution is 2.38. The van der Waals surface area contributed by atoms with Crippen molar-refractivity contribution in [3.63, 3.8) is 0 Å². The first-order chi connectivity index (χ1) is 11.7. The maximum Gasteiger partial charge on any atom is 0.186 e. The van der Waals surface area contributed by atoms with Crippen molar-refractivity contribution in [1.82, 2.24) is 0 Å². The van der Waals surface area contributed by atoms with Gasteiger partial charge in [-0.05, 0) is 23.6 Å². The Morgan fingerprint density at radius 1 is 0.750 bits per heavy atom. The molecule has 2 heteroatoms. The van der Waals surface area contributed by atoms with Crippen LogP contribution in [0, 0.1) is 0 Å². The summed E-state index contributed by atoms with van der Waals surface area (Å²) >= 11 is 0. The van der Waals surface area contributed by atoms with E-state index in [0.29, 0.717) is 17.7 Å². The van der Waals surface area contributed by atoms with Crippen LogP contribution in [0.2, 0.25) is 0 Å². The summed E-state index contributed by atoms with van der Waals surface area (Å²) in [4.78, 5) is 0. The number of hydrogen-bond acceptors (Lipinski definition) is 1. The van der Waals surface area contributed by atoms with Gasteiger partial charge in [0.1, 0.15) is 0 Å². The maximum atomic E-state index is 16.2. The molecule has 0 unspecified atom stereocenters. The smallest absolute Gasteiger partial charge is 0.186 e. The van der Waals surface area contributed by atoms with Gasteiger partial charge in [0.25, 0.3) is 0 Å². The van der Waals surface area contributed by atoms with Crippen LogP contribution in [0.4, 0.5) is 4.39 Å². The summed E-state index contributed by atoms with van der Waals surface area (Å²) in [6.45, 7) is 2.18.